The number of H-pyrrole nitrogens is 1. The number of benzene rings is 3. The van der Waals surface area contributed by atoms with Gasteiger partial charge in [-0.05, 0) is 149 Å². The molecule has 0 radical (unpaired) electrons. The van der Waals surface area contributed by atoms with Crippen LogP contribution in [-0.2, 0) is 20.7 Å². The molecule has 14 nitrogen and oxygen atoms in total. The quantitative estimate of drug-likeness (QED) is 0.111. The first-order valence-corrected chi connectivity index (χ1v) is 19.5. The molecule has 296 valence electrons. The van der Waals surface area contributed by atoms with Gasteiger partial charge in [-0.15, -0.1) is 10.2 Å². The molecule has 4 aromatic rings. The van der Waals surface area contributed by atoms with Crippen molar-refractivity contribution in [1.29, 1.82) is 0 Å². The van der Waals surface area contributed by atoms with Crippen molar-refractivity contribution in [2.75, 3.05) is 25.0 Å². The van der Waals surface area contributed by atoms with E-state index in [1.165, 1.54) is 0 Å². The summed E-state index contributed by atoms with van der Waals surface area (Å²) in [6.07, 6.45) is 4.51. The van der Waals surface area contributed by atoms with E-state index < -0.39 is 17.7 Å². The number of hydrogen-bond acceptors (Lipinski definition) is 9. The number of aromatic nitrogens is 4. The number of aromatic amines is 1. The standard InChI is InChI=1S/C42H53N9O5/c1-26-21-32(24-33(22-26)39(53)45-35-17-19-43-20-18-35)29-9-5-27(6-10-29)23-36(40(54)46-34-15-13-30(14-16-34)37-48-50-51-49-37)47-38(52)31-11-7-28(8-12-31)25-44-41(55)56-42(2,3)4/h5-6,9-10,13-16,21-22,24,28,31,35-36,43H,7-8,11-12,17-20,23,25H2,1-4H3,(H,44,55)(H,45,53)(H,46,54)(H,47,52)(H,48,49,50,51)/t28?,31?,36-/m0/s1. The molecule has 2 heterocycles. The second kappa shape index (κ2) is 18.3. The van der Waals surface area contributed by atoms with Gasteiger partial charge in [0.1, 0.15) is 11.6 Å². The minimum absolute atomic E-state index is 0.0709. The largest absolute Gasteiger partial charge is 0.444 e. The predicted molar refractivity (Wildman–Crippen MR) is 214 cm³/mol. The maximum atomic E-state index is 13.9. The molecule has 6 rings (SSSR count). The number of carbonyl (C=O) groups excluding carboxylic acids is 4. The molecule has 1 saturated heterocycles. The highest BCUT2D eigenvalue weighted by atomic mass is 16.6. The van der Waals surface area contributed by atoms with Crippen molar-refractivity contribution >= 4 is 29.5 Å². The first-order chi connectivity index (χ1) is 26.9. The normalized spacial score (nSPS) is 18.0. The Labute approximate surface area is 327 Å². The van der Waals surface area contributed by atoms with Crippen LogP contribution in [0.5, 0.6) is 0 Å². The van der Waals surface area contributed by atoms with Crippen LogP contribution in [0.2, 0.25) is 0 Å². The predicted octanol–water partition coefficient (Wildman–Crippen LogP) is 5.32. The zero-order chi connectivity index (χ0) is 39.7. The number of amides is 4. The summed E-state index contributed by atoms with van der Waals surface area (Å²) in [4.78, 5) is 52.9. The third-order valence-corrected chi connectivity index (χ3v) is 10.3. The Morgan fingerprint density at radius 3 is 2.21 bits per heavy atom. The maximum absolute atomic E-state index is 13.9. The second-order valence-electron chi connectivity index (χ2n) is 16.0. The molecule has 3 aromatic carbocycles. The summed E-state index contributed by atoms with van der Waals surface area (Å²) in [6, 6.07) is 20.2. The lowest BCUT2D eigenvalue weighted by atomic mass is 9.81. The highest BCUT2D eigenvalue weighted by molar-refractivity contribution is 5.98. The Hall–Kier alpha value is -5.63. The first-order valence-electron chi connectivity index (χ1n) is 19.5. The monoisotopic (exact) mass is 763 g/mol. The van der Waals surface area contributed by atoms with E-state index in [9.17, 15) is 19.2 Å². The van der Waals surface area contributed by atoms with Crippen LogP contribution in [0, 0.1) is 18.8 Å². The van der Waals surface area contributed by atoms with Gasteiger partial charge in [-0.25, -0.2) is 4.79 Å². The fraction of sp³-hybridized carbons (Fsp3) is 0.452. The number of aryl methyl sites for hydroxylation is 1. The first kappa shape index (κ1) is 40.0. The van der Waals surface area contributed by atoms with Crippen LogP contribution in [0.25, 0.3) is 22.5 Å². The highest BCUT2D eigenvalue weighted by Gasteiger charge is 2.30. The molecular weight excluding hydrogens is 711 g/mol. The minimum atomic E-state index is -0.846. The Bertz CT molecular complexity index is 1950. The van der Waals surface area contributed by atoms with Crippen molar-refractivity contribution in [3.05, 3.63) is 83.4 Å². The molecule has 14 heteroatoms. The van der Waals surface area contributed by atoms with Crippen molar-refractivity contribution in [3.8, 4) is 22.5 Å². The maximum Gasteiger partial charge on any atom is 0.407 e. The number of tetrazole rings is 1. The van der Waals surface area contributed by atoms with Crippen LogP contribution in [0.4, 0.5) is 10.5 Å². The van der Waals surface area contributed by atoms with E-state index in [1.807, 2.05) is 64.1 Å². The topological polar surface area (TPSA) is 192 Å². The zero-order valence-electron chi connectivity index (χ0n) is 32.6. The third kappa shape index (κ3) is 11.4. The summed E-state index contributed by atoms with van der Waals surface area (Å²) in [5.74, 6) is -0.140. The van der Waals surface area contributed by atoms with Crippen LogP contribution >= 0.6 is 0 Å². The summed E-state index contributed by atoms with van der Waals surface area (Å²) in [5, 5.41) is 29.4. The highest BCUT2D eigenvalue weighted by Crippen LogP contribution is 2.29. The van der Waals surface area contributed by atoms with E-state index >= 15 is 0 Å². The average molecular weight is 764 g/mol. The summed E-state index contributed by atoms with van der Waals surface area (Å²) in [6.45, 7) is 9.75. The van der Waals surface area contributed by atoms with Crippen LogP contribution < -0.4 is 26.6 Å². The fourth-order valence-electron chi connectivity index (χ4n) is 7.27. The van der Waals surface area contributed by atoms with Crippen LogP contribution in [0.1, 0.15) is 80.8 Å². The molecule has 0 spiro atoms. The number of hydrogen-bond donors (Lipinski definition) is 6. The molecule has 1 aliphatic heterocycles. The van der Waals surface area contributed by atoms with E-state index in [-0.39, 0.29) is 42.0 Å². The van der Waals surface area contributed by atoms with Crippen LogP contribution in [0.15, 0.2) is 66.7 Å². The average Bonchev–Trinajstić information content (AvgIpc) is 3.72. The Balaban J connectivity index is 1.12. The van der Waals surface area contributed by atoms with Gasteiger partial charge < -0.3 is 31.3 Å². The van der Waals surface area contributed by atoms with Gasteiger partial charge in [0.15, 0.2) is 0 Å². The third-order valence-electron chi connectivity index (χ3n) is 10.3. The van der Waals surface area contributed by atoms with E-state index in [1.54, 1.807) is 24.3 Å². The molecule has 2 fully saturated rings. The van der Waals surface area contributed by atoms with Gasteiger partial charge >= 0.3 is 6.09 Å². The van der Waals surface area contributed by atoms with Crippen LogP contribution in [-0.4, -0.2) is 81.8 Å². The molecule has 0 unspecified atom stereocenters. The second-order valence-corrected chi connectivity index (χ2v) is 16.0. The molecule has 1 saturated carbocycles. The van der Waals surface area contributed by atoms with Gasteiger partial charge in [0.2, 0.25) is 17.6 Å². The molecule has 56 heavy (non-hydrogen) atoms. The Kier molecular flexibility index (Phi) is 13.1. The lowest BCUT2D eigenvalue weighted by Gasteiger charge is -2.29. The van der Waals surface area contributed by atoms with Gasteiger partial charge in [0, 0.05) is 41.7 Å². The smallest absolute Gasteiger partial charge is 0.407 e. The number of piperidine rings is 1. The lowest BCUT2D eigenvalue weighted by Crippen LogP contribution is -2.48. The van der Waals surface area contributed by atoms with Crippen LogP contribution in [0.3, 0.4) is 0 Å². The van der Waals surface area contributed by atoms with E-state index in [4.69, 9.17) is 4.74 Å². The van der Waals surface area contributed by atoms with Crippen molar-refractivity contribution in [2.24, 2.45) is 11.8 Å². The summed E-state index contributed by atoms with van der Waals surface area (Å²) in [5.41, 5.74) is 5.08. The summed E-state index contributed by atoms with van der Waals surface area (Å²) < 4.78 is 5.36. The number of anilines is 1. The minimum Gasteiger partial charge on any atom is -0.444 e. The number of rotatable bonds is 12. The Morgan fingerprint density at radius 1 is 0.857 bits per heavy atom. The molecule has 1 atom stereocenters. The van der Waals surface area contributed by atoms with Crippen molar-refractivity contribution in [3.63, 3.8) is 0 Å². The van der Waals surface area contributed by atoms with Gasteiger partial charge in [-0.2, -0.15) is 5.21 Å². The number of ether oxygens (including phenoxy) is 1. The SMILES string of the molecule is Cc1cc(C(=O)NC2CCNCC2)cc(-c2ccc(C[C@H](NC(=O)C3CCC(CNC(=O)OC(C)(C)C)CC3)C(=O)Nc3ccc(-c4nn[nH]n4)cc3)cc2)c1. The molecule has 4 amide bonds. The van der Waals surface area contributed by atoms with Crippen molar-refractivity contribution in [1.82, 2.24) is 41.9 Å². The van der Waals surface area contributed by atoms with E-state index in [0.717, 1.165) is 66.6 Å². The summed E-state index contributed by atoms with van der Waals surface area (Å²) in [7, 11) is 0. The molecule has 0 bridgehead atoms. The van der Waals surface area contributed by atoms with Gasteiger partial charge in [-0.3, -0.25) is 14.4 Å². The number of nitrogens with one attached hydrogen (secondary N) is 6. The summed E-state index contributed by atoms with van der Waals surface area (Å²) >= 11 is 0. The van der Waals surface area contributed by atoms with E-state index in [2.05, 4.69) is 53.3 Å². The lowest BCUT2D eigenvalue weighted by molar-refractivity contribution is -0.130. The van der Waals surface area contributed by atoms with Gasteiger partial charge in [0.05, 0.1) is 0 Å². The molecule has 1 aromatic heterocycles. The number of carbonyl (C=O) groups is 4. The Morgan fingerprint density at radius 2 is 1.55 bits per heavy atom. The van der Waals surface area contributed by atoms with Crippen molar-refractivity contribution in [2.45, 2.75) is 90.3 Å². The number of nitrogens with zero attached hydrogens (tertiary/aromatic N) is 3. The fourth-order valence-corrected chi connectivity index (χ4v) is 7.27. The molecule has 6 N–H and O–H groups in total. The molecule has 2 aliphatic rings. The molecule has 1 aliphatic carbocycles. The molecular formula is C42H53N9O5. The zero-order valence-corrected chi connectivity index (χ0v) is 32.6. The van der Waals surface area contributed by atoms with Crippen molar-refractivity contribution < 1.29 is 23.9 Å². The van der Waals surface area contributed by atoms with Gasteiger partial charge in [0.25, 0.3) is 5.91 Å². The van der Waals surface area contributed by atoms with Gasteiger partial charge in [-0.1, -0.05) is 30.3 Å². The number of alkyl carbamates (subject to hydrolysis) is 1. The van der Waals surface area contributed by atoms with E-state index in [0.29, 0.717) is 36.5 Å².